The molecule has 0 heterocycles. The lowest BCUT2D eigenvalue weighted by Crippen LogP contribution is -2.11. The standard InChI is InChI=1S/C56H39N/c1-4-16-40(17-5-1)46-36-47(41-18-6-2-7-19-41)38-48(37-46)42-30-33-50(34-31-42)57(49-24-8-3-9-25-49)56-39-45(53-28-14-22-43-20-10-12-26-51(43)53)32-35-55(56)54-29-15-23-44-21-11-13-27-52(44)54/h1-39H. The minimum absolute atomic E-state index is 1.09. The Balaban J connectivity index is 1.16. The van der Waals surface area contributed by atoms with E-state index in [0.717, 1.165) is 17.1 Å². The summed E-state index contributed by atoms with van der Waals surface area (Å²) in [6.07, 6.45) is 0. The van der Waals surface area contributed by atoms with Gasteiger partial charge in [0.15, 0.2) is 0 Å². The molecule has 1 heteroatoms. The van der Waals surface area contributed by atoms with Crippen molar-refractivity contribution in [1.82, 2.24) is 0 Å². The van der Waals surface area contributed by atoms with Gasteiger partial charge in [-0.2, -0.15) is 0 Å². The Labute approximate surface area is 334 Å². The van der Waals surface area contributed by atoms with Crippen LogP contribution in [0.5, 0.6) is 0 Å². The average molecular weight is 726 g/mol. The van der Waals surface area contributed by atoms with Gasteiger partial charge in [0.1, 0.15) is 0 Å². The van der Waals surface area contributed by atoms with Crippen molar-refractivity contribution in [2.24, 2.45) is 0 Å². The Morgan fingerprint density at radius 1 is 0.228 bits per heavy atom. The van der Waals surface area contributed by atoms with Gasteiger partial charge in [0, 0.05) is 16.9 Å². The quantitative estimate of drug-likeness (QED) is 0.151. The summed E-state index contributed by atoms with van der Waals surface area (Å²) < 4.78 is 0. The van der Waals surface area contributed by atoms with Gasteiger partial charge in [-0.1, -0.05) is 188 Å². The van der Waals surface area contributed by atoms with Gasteiger partial charge >= 0.3 is 0 Å². The molecule has 0 aromatic heterocycles. The SMILES string of the molecule is c1ccc(-c2cc(-c3ccccc3)cc(-c3ccc(N(c4ccccc4)c4cc(-c5cccc6ccccc56)ccc4-c4cccc5ccccc45)cc3)c2)cc1. The number of benzene rings is 10. The fraction of sp³-hybridized carbons (Fsp3) is 0. The molecular weight excluding hydrogens is 687 g/mol. The molecule has 268 valence electrons. The van der Waals surface area contributed by atoms with Gasteiger partial charge < -0.3 is 4.90 Å². The van der Waals surface area contributed by atoms with E-state index in [1.54, 1.807) is 0 Å². The van der Waals surface area contributed by atoms with Crippen molar-refractivity contribution in [1.29, 1.82) is 0 Å². The summed E-state index contributed by atoms with van der Waals surface area (Å²) in [5.41, 5.74) is 15.2. The van der Waals surface area contributed by atoms with E-state index in [4.69, 9.17) is 0 Å². The van der Waals surface area contributed by atoms with Crippen molar-refractivity contribution in [3.05, 3.63) is 237 Å². The van der Waals surface area contributed by atoms with Gasteiger partial charge in [0.05, 0.1) is 5.69 Å². The Kier molecular flexibility index (Phi) is 8.95. The molecule has 0 N–H and O–H groups in total. The summed E-state index contributed by atoms with van der Waals surface area (Å²) in [7, 11) is 0. The number of hydrogen-bond acceptors (Lipinski definition) is 1. The first-order valence-electron chi connectivity index (χ1n) is 19.6. The average Bonchev–Trinajstić information content (AvgIpc) is 3.30. The highest BCUT2D eigenvalue weighted by molar-refractivity contribution is 6.04. The largest absolute Gasteiger partial charge is 0.310 e. The third kappa shape index (κ3) is 6.66. The van der Waals surface area contributed by atoms with Crippen molar-refractivity contribution >= 4 is 38.6 Å². The lowest BCUT2D eigenvalue weighted by molar-refractivity contribution is 1.28. The summed E-state index contributed by atoms with van der Waals surface area (Å²) in [6, 6.07) is 85.7. The Morgan fingerprint density at radius 2 is 0.649 bits per heavy atom. The maximum atomic E-state index is 2.42. The molecule has 0 aliphatic heterocycles. The van der Waals surface area contributed by atoms with E-state index in [0.29, 0.717) is 0 Å². The lowest BCUT2D eigenvalue weighted by Gasteiger charge is -2.29. The zero-order valence-electron chi connectivity index (χ0n) is 31.5. The third-order valence-electron chi connectivity index (χ3n) is 11.0. The minimum Gasteiger partial charge on any atom is -0.310 e. The number of anilines is 3. The van der Waals surface area contributed by atoms with E-state index in [-0.39, 0.29) is 0 Å². The van der Waals surface area contributed by atoms with E-state index in [1.165, 1.54) is 77.2 Å². The van der Waals surface area contributed by atoms with Gasteiger partial charge in [-0.25, -0.2) is 0 Å². The molecule has 57 heavy (non-hydrogen) atoms. The van der Waals surface area contributed by atoms with E-state index in [1.807, 2.05) is 0 Å². The highest BCUT2D eigenvalue weighted by Gasteiger charge is 2.20. The van der Waals surface area contributed by atoms with Crippen LogP contribution in [-0.4, -0.2) is 0 Å². The summed E-state index contributed by atoms with van der Waals surface area (Å²) in [6.45, 7) is 0. The zero-order valence-corrected chi connectivity index (χ0v) is 31.5. The first kappa shape index (κ1) is 34.0. The van der Waals surface area contributed by atoms with Crippen molar-refractivity contribution in [2.45, 2.75) is 0 Å². The van der Waals surface area contributed by atoms with Crippen molar-refractivity contribution in [3.8, 4) is 55.6 Å². The molecule has 0 aliphatic rings. The molecule has 0 saturated carbocycles. The van der Waals surface area contributed by atoms with Crippen LogP contribution >= 0.6 is 0 Å². The molecule has 0 spiro atoms. The van der Waals surface area contributed by atoms with Crippen LogP contribution in [-0.2, 0) is 0 Å². The van der Waals surface area contributed by atoms with Crippen LogP contribution in [0.15, 0.2) is 237 Å². The molecular formula is C56H39N. The molecule has 0 saturated heterocycles. The summed E-state index contributed by atoms with van der Waals surface area (Å²) >= 11 is 0. The number of hydrogen-bond donors (Lipinski definition) is 0. The van der Waals surface area contributed by atoms with Gasteiger partial charge in [0.2, 0.25) is 0 Å². The molecule has 10 aromatic carbocycles. The van der Waals surface area contributed by atoms with Gasteiger partial charge in [-0.05, 0) is 120 Å². The van der Waals surface area contributed by atoms with E-state index in [2.05, 4.69) is 241 Å². The number of fused-ring (bicyclic) bond motifs is 2. The Bertz CT molecular complexity index is 2920. The van der Waals surface area contributed by atoms with Crippen LogP contribution in [0.3, 0.4) is 0 Å². The molecule has 10 rings (SSSR count). The molecule has 0 fully saturated rings. The first-order chi connectivity index (χ1) is 28.3. The first-order valence-corrected chi connectivity index (χ1v) is 19.6. The Morgan fingerprint density at radius 3 is 1.23 bits per heavy atom. The maximum absolute atomic E-state index is 2.42. The summed E-state index contributed by atoms with van der Waals surface area (Å²) in [5.74, 6) is 0. The number of rotatable bonds is 8. The Hall–Kier alpha value is -7.48. The summed E-state index contributed by atoms with van der Waals surface area (Å²) in [4.78, 5) is 2.42. The number of para-hydroxylation sites is 1. The minimum atomic E-state index is 1.09. The third-order valence-corrected chi connectivity index (χ3v) is 11.0. The van der Waals surface area contributed by atoms with Gasteiger partial charge in [0.25, 0.3) is 0 Å². The summed E-state index contributed by atoms with van der Waals surface area (Å²) in [5, 5.41) is 4.93. The monoisotopic (exact) mass is 725 g/mol. The van der Waals surface area contributed by atoms with E-state index in [9.17, 15) is 0 Å². The van der Waals surface area contributed by atoms with Crippen LogP contribution in [0, 0.1) is 0 Å². The van der Waals surface area contributed by atoms with Crippen molar-refractivity contribution < 1.29 is 0 Å². The smallest absolute Gasteiger partial charge is 0.0546 e. The normalized spacial score (nSPS) is 11.2. The predicted molar refractivity (Wildman–Crippen MR) is 243 cm³/mol. The maximum Gasteiger partial charge on any atom is 0.0546 e. The van der Waals surface area contributed by atoms with E-state index >= 15 is 0 Å². The molecule has 0 amide bonds. The second kappa shape index (κ2) is 15.0. The molecule has 0 bridgehead atoms. The lowest BCUT2D eigenvalue weighted by atomic mass is 9.92. The van der Waals surface area contributed by atoms with Gasteiger partial charge in [-0.15, -0.1) is 0 Å². The zero-order chi connectivity index (χ0) is 38.0. The van der Waals surface area contributed by atoms with Crippen LogP contribution in [0.4, 0.5) is 17.1 Å². The number of nitrogens with zero attached hydrogens (tertiary/aromatic N) is 1. The predicted octanol–water partition coefficient (Wildman–Crippen LogP) is 15.8. The van der Waals surface area contributed by atoms with Crippen LogP contribution < -0.4 is 4.90 Å². The fourth-order valence-electron chi connectivity index (χ4n) is 8.25. The molecule has 0 atom stereocenters. The van der Waals surface area contributed by atoms with Crippen LogP contribution in [0.1, 0.15) is 0 Å². The molecule has 0 unspecified atom stereocenters. The van der Waals surface area contributed by atoms with Crippen LogP contribution in [0.25, 0.3) is 77.2 Å². The van der Waals surface area contributed by atoms with E-state index < -0.39 is 0 Å². The van der Waals surface area contributed by atoms with Gasteiger partial charge in [-0.3, -0.25) is 0 Å². The topological polar surface area (TPSA) is 3.24 Å². The molecule has 1 nitrogen and oxygen atoms in total. The molecule has 0 aliphatic carbocycles. The second-order valence-corrected chi connectivity index (χ2v) is 14.5. The molecule has 0 radical (unpaired) electrons. The highest BCUT2D eigenvalue weighted by atomic mass is 15.1. The molecule has 10 aromatic rings. The highest BCUT2D eigenvalue weighted by Crippen LogP contribution is 2.45. The van der Waals surface area contributed by atoms with Crippen molar-refractivity contribution in [3.63, 3.8) is 0 Å². The van der Waals surface area contributed by atoms with Crippen molar-refractivity contribution in [2.75, 3.05) is 4.90 Å². The fourth-order valence-corrected chi connectivity index (χ4v) is 8.25. The second-order valence-electron chi connectivity index (χ2n) is 14.5. The van der Waals surface area contributed by atoms with Crippen LogP contribution in [0.2, 0.25) is 0 Å².